The number of halogens is 6. The van der Waals surface area contributed by atoms with Gasteiger partial charge in [-0.1, -0.05) is 48.5 Å². The van der Waals surface area contributed by atoms with Crippen LogP contribution in [0, 0.1) is 0 Å². The largest absolute Gasteiger partial charge is 0.416 e. The summed E-state index contributed by atoms with van der Waals surface area (Å²) in [5, 5.41) is 0.929. The lowest BCUT2D eigenvalue weighted by Gasteiger charge is -2.41. The Morgan fingerprint density at radius 2 is 1.50 bits per heavy atom. The van der Waals surface area contributed by atoms with E-state index in [1.165, 1.54) is 15.9 Å². The topological polar surface area (TPSA) is 56.4 Å². The van der Waals surface area contributed by atoms with Crippen LogP contribution in [0.1, 0.15) is 32.6 Å². The van der Waals surface area contributed by atoms with Crippen molar-refractivity contribution in [2.24, 2.45) is 0 Å². The number of carbonyl (C=O) groups is 2. The van der Waals surface area contributed by atoms with Gasteiger partial charge in [-0.05, 0) is 47.9 Å². The number of nitrogens with zero attached hydrogens (tertiary/aromatic N) is 2. The van der Waals surface area contributed by atoms with Crippen molar-refractivity contribution in [1.29, 1.82) is 0 Å². The minimum absolute atomic E-state index is 0.00508. The number of fused-ring (bicyclic) bond motifs is 1. The van der Waals surface area contributed by atoms with Gasteiger partial charge in [0, 0.05) is 48.4 Å². The highest BCUT2D eigenvalue weighted by molar-refractivity contribution is 5.97. The van der Waals surface area contributed by atoms with Crippen LogP contribution in [0.3, 0.4) is 0 Å². The summed E-state index contributed by atoms with van der Waals surface area (Å²) in [5.74, 6) is -1.29. The maximum absolute atomic E-state index is 13.5. The highest BCUT2D eigenvalue weighted by atomic mass is 19.4. The molecule has 2 amide bonds. The molecule has 5 rings (SSSR count). The van der Waals surface area contributed by atoms with Gasteiger partial charge in [0.2, 0.25) is 5.91 Å². The number of carbonyl (C=O) groups excluding carboxylic acids is 2. The van der Waals surface area contributed by atoms with Crippen LogP contribution in [0.15, 0.2) is 85.1 Å². The predicted molar refractivity (Wildman–Crippen MR) is 145 cm³/mol. The molecule has 0 unspecified atom stereocenters. The Morgan fingerprint density at radius 3 is 2.17 bits per heavy atom. The normalized spacial score (nSPS) is 16.4. The predicted octanol–water partition coefficient (Wildman–Crippen LogP) is 6.81. The van der Waals surface area contributed by atoms with E-state index < -0.39 is 41.0 Å². The zero-order valence-electron chi connectivity index (χ0n) is 22.0. The number of benzene rings is 3. The highest BCUT2D eigenvalue weighted by Crippen LogP contribution is 2.37. The molecule has 1 saturated heterocycles. The molecule has 0 spiro atoms. The average Bonchev–Trinajstić information content (AvgIpc) is 3.38. The zero-order chi connectivity index (χ0) is 30.1. The second kappa shape index (κ2) is 11.4. The molecule has 1 aliphatic rings. The van der Waals surface area contributed by atoms with Crippen molar-refractivity contribution in [2.45, 2.75) is 24.8 Å². The molecule has 42 heavy (non-hydrogen) atoms. The summed E-state index contributed by atoms with van der Waals surface area (Å²) in [5.41, 5.74) is -1.33. The molecule has 5 nitrogen and oxygen atoms in total. The lowest BCUT2D eigenvalue weighted by molar-refractivity contribution is -0.143. The van der Waals surface area contributed by atoms with Gasteiger partial charge < -0.3 is 14.8 Å². The van der Waals surface area contributed by atoms with Crippen LogP contribution >= 0.6 is 0 Å². The molecule has 0 radical (unpaired) electrons. The molecule has 3 aromatic carbocycles. The summed E-state index contributed by atoms with van der Waals surface area (Å²) >= 11 is 0. The molecule has 1 fully saturated rings. The monoisotopic (exact) mass is 585 g/mol. The Hall–Kier alpha value is -4.54. The molecule has 0 saturated carbocycles. The standard InChI is InChI=1S/C31H25F6N3O2/c32-30(33,34)23-15-22(16-24(17-23)31(35,36)37)29(42)40-13-12-39(19-25(40)14-20-6-2-1-3-7-20)28(41)11-10-21-18-38-27-9-5-4-8-26(21)27/h1-11,15-18,25,38H,12-14,19H2/t25-/m1/s1. The van der Waals surface area contributed by atoms with Crippen LogP contribution in [-0.4, -0.2) is 52.3 Å². The summed E-state index contributed by atoms with van der Waals surface area (Å²) < 4.78 is 80.8. The van der Waals surface area contributed by atoms with Crippen LogP contribution in [0.25, 0.3) is 17.0 Å². The third-order valence-electron chi connectivity index (χ3n) is 7.23. The molecule has 218 valence electrons. The smallest absolute Gasteiger partial charge is 0.361 e. The number of piperazine rings is 1. The Labute approximate surface area is 237 Å². The number of amides is 2. The summed E-state index contributed by atoms with van der Waals surface area (Å²) in [4.78, 5) is 32.6. The van der Waals surface area contributed by atoms with E-state index in [-0.39, 0.29) is 38.0 Å². The minimum Gasteiger partial charge on any atom is -0.361 e. The third kappa shape index (κ3) is 6.35. The van der Waals surface area contributed by atoms with Crippen molar-refractivity contribution in [3.8, 4) is 0 Å². The van der Waals surface area contributed by atoms with E-state index in [0.717, 1.165) is 22.0 Å². The van der Waals surface area contributed by atoms with Gasteiger partial charge in [0.1, 0.15) is 0 Å². The number of H-pyrrole nitrogens is 1. The molecule has 1 aromatic heterocycles. The van der Waals surface area contributed by atoms with Gasteiger partial charge in [0.15, 0.2) is 0 Å². The van der Waals surface area contributed by atoms with Gasteiger partial charge >= 0.3 is 12.4 Å². The Morgan fingerprint density at radius 1 is 0.857 bits per heavy atom. The minimum atomic E-state index is -5.08. The van der Waals surface area contributed by atoms with E-state index in [0.29, 0.717) is 12.1 Å². The van der Waals surface area contributed by atoms with Gasteiger partial charge in [-0.15, -0.1) is 0 Å². The van der Waals surface area contributed by atoms with Crippen molar-refractivity contribution >= 4 is 28.8 Å². The van der Waals surface area contributed by atoms with Gasteiger partial charge in [0.05, 0.1) is 17.2 Å². The van der Waals surface area contributed by atoms with Crippen molar-refractivity contribution in [3.05, 3.63) is 113 Å². The summed E-state index contributed by atoms with van der Waals surface area (Å²) in [6, 6.07) is 16.7. The number of aromatic nitrogens is 1. The second-order valence-electron chi connectivity index (χ2n) is 10.0. The molecule has 11 heteroatoms. The number of hydrogen-bond acceptors (Lipinski definition) is 2. The second-order valence-corrected chi connectivity index (χ2v) is 10.0. The van der Waals surface area contributed by atoms with Crippen LogP contribution < -0.4 is 0 Å². The number of rotatable bonds is 5. The highest BCUT2D eigenvalue weighted by Gasteiger charge is 2.39. The Kier molecular flexibility index (Phi) is 7.85. The molecule has 0 bridgehead atoms. The van der Waals surface area contributed by atoms with Gasteiger partial charge in [-0.25, -0.2) is 0 Å². The van der Waals surface area contributed by atoms with Crippen molar-refractivity contribution < 1.29 is 35.9 Å². The first-order chi connectivity index (χ1) is 19.9. The number of aromatic amines is 1. The number of para-hydroxylation sites is 1. The molecule has 4 aromatic rings. The van der Waals surface area contributed by atoms with E-state index in [9.17, 15) is 35.9 Å². The quantitative estimate of drug-likeness (QED) is 0.207. The molecule has 0 aliphatic carbocycles. The van der Waals surface area contributed by atoms with Crippen LogP contribution in [0.2, 0.25) is 0 Å². The maximum Gasteiger partial charge on any atom is 0.416 e. The van der Waals surface area contributed by atoms with E-state index in [4.69, 9.17) is 0 Å². The fourth-order valence-corrected chi connectivity index (χ4v) is 5.13. The van der Waals surface area contributed by atoms with Crippen molar-refractivity contribution in [1.82, 2.24) is 14.8 Å². The fourth-order valence-electron chi connectivity index (χ4n) is 5.13. The summed E-state index contributed by atoms with van der Waals surface area (Å²) in [6.45, 7) is 0.0303. The number of hydrogen-bond donors (Lipinski definition) is 1. The Balaban J connectivity index is 1.42. The van der Waals surface area contributed by atoms with Crippen molar-refractivity contribution in [2.75, 3.05) is 19.6 Å². The lowest BCUT2D eigenvalue weighted by atomic mass is 9.99. The lowest BCUT2D eigenvalue weighted by Crippen LogP contribution is -2.57. The third-order valence-corrected chi connectivity index (χ3v) is 7.23. The molecule has 1 atom stereocenters. The van der Waals surface area contributed by atoms with Gasteiger partial charge in [0.25, 0.3) is 5.91 Å². The van der Waals surface area contributed by atoms with E-state index in [2.05, 4.69) is 4.98 Å². The number of alkyl halides is 6. The van der Waals surface area contributed by atoms with Gasteiger partial charge in [-0.2, -0.15) is 26.3 Å². The number of nitrogens with one attached hydrogen (secondary N) is 1. The molecular weight excluding hydrogens is 560 g/mol. The molecule has 1 N–H and O–H groups in total. The first-order valence-electron chi connectivity index (χ1n) is 13.1. The van der Waals surface area contributed by atoms with Crippen molar-refractivity contribution in [3.63, 3.8) is 0 Å². The fraction of sp³-hybridized carbons (Fsp3) is 0.226. The molecule has 1 aliphatic heterocycles. The van der Waals surface area contributed by atoms with Crippen LogP contribution in [0.5, 0.6) is 0 Å². The summed E-state index contributed by atoms with van der Waals surface area (Å²) in [6.07, 6.45) is -5.06. The SMILES string of the molecule is O=C(C=Cc1c[nH]c2ccccc12)N1CCN(C(=O)c2cc(C(F)(F)F)cc(C(F)(F)F)c2)[C@H](Cc2ccccc2)C1. The molecular formula is C31H25F6N3O2. The van der Waals surface area contributed by atoms with Crippen LogP contribution in [0.4, 0.5) is 26.3 Å². The van der Waals surface area contributed by atoms with Gasteiger partial charge in [-0.3, -0.25) is 9.59 Å². The molecule has 2 heterocycles. The van der Waals surface area contributed by atoms with Crippen LogP contribution in [-0.2, 0) is 23.6 Å². The van der Waals surface area contributed by atoms with E-state index in [1.54, 1.807) is 42.6 Å². The van der Waals surface area contributed by atoms with E-state index in [1.807, 2.05) is 24.3 Å². The summed E-state index contributed by atoms with van der Waals surface area (Å²) in [7, 11) is 0. The zero-order valence-corrected chi connectivity index (χ0v) is 22.0. The maximum atomic E-state index is 13.5. The van der Waals surface area contributed by atoms with E-state index >= 15 is 0 Å². The first kappa shape index (κ1) is 29.0. The average molecular weight is 586 g/mol. The Bertz CT molecular complexity index is 1590. The first-order valence-corrected chi connectivity index (χ1v) is 13.1.